The van der Waals surface area contributed by atoms with Crippen molar-refractivity contribution in [2.45, 2.75) is 12.6 Å². The maximum absolute atomic E-state index is 12.8. The number of hydrogen-bond acceptors (Lipinski definition) is 4. The van der Waals surface area contributed by atoms with Gasteiger partial charge in [0.15, 0.2) is 5.13 Å². The van der Waals surface area contributed by atoms with Gasteiger partial charge in [-0.2, -0.15) is 13.2 Å². The molecule has 0 bridgehead atoms. The molecule has 2 rings (SSSR count). The lowest BCUT2D eigenvalue weighted by Crippen LogP contribution is -2.18. The number of carbonyl (C=O) groups excluding carboxylic acids is 1. The van der Waals surface area contributed by atoms with Crippen molar-refractivity contribution in [3.05, 3.63) is 46.5 Å². The molecule has 1 amide bonds. The van der Waals surface area contributed by atoms with Gasteiger partial charge < -0.3 is 5.11 Å². The third-order valence-corrected chi connectivity index (χ3v) is 3.39. The van der Waals surface area contributed by atoms with E-state index in [9.17, 15) is 22.8 Å². The number of hydrogen-bond donors (Lipinski definition) is 2. The number of anilines is 1. The van der Waals surface area contributed by atoms with Crippen LogP contribution < -0.4 is 5.32 Å². The molecule has 0 spiro atoms. The van der Waals surface area contributed by atoms with Crippen molar-refractivity contribution in [3.63, 3.8) is 0 Å². The smallest absolute Gasteiger partial charge is 0.417 e. The molecule has 0 fully saturated rings. The van der Waals surface area contributed by atoms with Crippen molar-refractivity contribution in [2.75, 3.05) is 5.32 Å². The highest BCUT2D eigenvalue weighted by Crippen LogP contribution is 2.32. The fraction of sp³-hybridized carbons (Fsp3) is 0.154. The summed E-state index contributed by atoms with van der Waals surface area (Å²) in [5.74, 6) is -2.05. The summed E-state index contributed by atoms with van der Waals surface area (Å²) >= 11 is 0.940. The zero-order valence-corrected chi connectivity index (χ0v) is 11.7. The van der Waals surface area contributed by atoms with Gasteiger partial charge in [-0.25, -0.2) is 4.98 Å². The maximum atomic E-state index is 12.8. The van der Waals surface area contributed by atoms with Crippen molar-refractivity contribution in [3.8, 4) is 0 Å². The van der Waals surface area contributed by atoms with Crippen LogP contribution in [0.15, 0.2) is 29.6 Å². The van der Waals surface area contributed by atoms with Crippen LogP contribution in [0.3, 0.4) is 0 Å². The first-order chi connectivity index (χ1) is 10.3. The largest absolute Gasteiger partial charge is 0.481 e. The molecule has 9 heteroatoms. The van der Waals surface area contributed by atoms with Gasteiger partial charge in [-0.3, -0.25) is 14.9 Å². The summed E-state index contributed by atoms with van der Waals surface area (Å²) in [5.41, 5.74) is -1.35. The average Bonchev–Trinajstić information content (AvgIpc) is 2.84. The van der Waals surface area contributed by atoms with Gasteiger partial charge in [-0.05, 0) is 12.1 Å². The molecule has 1 aromatic heterocycles. The molecule has 0 saturated carbocycles. The van der Waals surface area contributed by atoms with Crippen molar-refractivity contribution < 1.29 is 27.9 Å². The SMILES string of the molecule is O=C(O)Cc1csc(NC(=O)c2ccccc2C(F)(F)F)n1. The van der Waals surface area contributed by atoms with Crippen LogP contribution in [-0.2, 0) is 17.4 Å². The molecule has 5 nitrogen and oxygen atoms in total. The molecule has 2 aromatic rings. The summed E-state index contributed by atoms with van der Waals surface area (Å²) in [5, 5.41) is 12.3. The molecule has 0 atom stereocenters. The number of nitrogens with zero attached hydrogens (tertiary/aromatic N) is 1. The number of halogens is 3. The Kier molecular flexibility index (Phi) is 4.45. The first kappa shape index (κ1) is 16.0. The molecule has 116 valence electrons. The lowest BCUT2D eigenvalue weighted by Gasteiger charge is -2.11. The fourth-order valence-corrected chi connectivity index (χ4v) is 2.40. The van der Waals surface area contributed by atoms with Crippen LogP contribution >= 0.6 is 11.3 Å². The van der Waals surface area contributed by atoms with E-state index in [1.165, 1.54) is 17.5 Å². The highest BCUT2D eigenvalue weighted by molar-refractivity contribution is 7.14. The number of nitrogens with one attached hydrogen (secondary N) is 1. The van der Waals surface area contributed by atoms with Gasteiger partial charge in [-0.15, -0.1) is 11.3 Å². The molecular weight excluding hydrogens is 321 g/mol. The number of carboxylic acids is 1. The van der Waals surface area contributed by atoms with E-state index in [2.05, 4.69) is 10.3 Å². The van der Waals surface area contributed by atoms with E-state index in [1.54, 1.807) is 0 Å². The normalized spacial score (nSPS) is 11.2. The first-order valence-corrected chi connectivity index (χ1v) is 6.79. The van der Waals surface area contributed by atoms with Gasteiger partial charge in [0.25, 0.3) is 5.91 Å². The average molecular weight is 330 g/mol. The van der Waals surface area contributed by atoms with Gasteiger partial charge >= 0.3 is 12.1 Å². The van der Waals surface area contributed by atoms with E-state index in [1.807, 2.05) is 0 Å². The summed E-state index contributed by atoms with van der Waals surface area (Å²) in [6, 6.07) is 4.38. The van der Waals surface area contributed by atoms with Crippen molar-refractivity contribution in [1.82, 2.24) is 4.98 Å². The molecule has 0 saturated heterocycles. The fourth-order valence-electron chi connectivity index (χ4n) is 1.69. The van der Waals surface area contributed by atoms with Crippen LogP contribution in [-0.4, -0.2) is 22.0 Å². The van der Waals surface area contributed by atoms with Gasteiger partial charge in [0.1, 0.15) is 0 Å². The van der Waals surface area contributed by atoms with Crippen LogP contribution in [0.1, 0.15) is 21.6 Å². The number of carbonyl (C=O) groups is 2. The lowest BCUT2D eigenvalue weighted by molar-refractivity contribution is -0.138. The number of carboxylic acid groups (broad SMARTS) is 1. The summed E-state index contributed by atoms with van der Waals surface area (Å²) in [4.78, 5) is 26.3. The monoisotopic (exact) mass is 330 g/mol. The van der Waals surface area contributed by atoms with Crippen molar-refractivity contribution >= 4 is 28.3 Å². The van der Waals surface area contributed by atoms with Crippen LogP contribution in [0.5, 0.6) is 0 Å². The Balaban J connectivity index is 2.20. The summed E-state index contributed by atoms with van der Waals surface area (Å²) in [7, 11) is 0. The summed E-state index contributed by atoms with van der Waals surface area (Å²) in [6.07, 6.45) is -4.98. The Hall–Kier alpha value is -2.42. The van der Waals surface area contributed by atoms with Crippen LogP contribution in [0, 0.1) is 0 Å². The number of thiazole rings is 1. The van der Waals surface area contributed by atoms with Gasteiger partial charge in [0, 0.05) is 5.38 Å². The van der Waals surface area contributed by atoms with Crippen molar-refractivity contribution in [1.29, 1.82) is 0 Å². The minimum absolute atomic E-state index is 0.0400. The number of aliphatic carboxylic acids is 1. The number of rotatable bonds is 4. The Labute approximate surface area is 126 Å². The van der Waals surface area contributed by atoms with Gasteiger partial charge in [0.2, 0.25) is 0 Å². The molecule has 0 aliphatic carbocycles. The van der Waals surface area contributed by atoms with Crippen LogP contribution in [0.25, 0.3) is 0 Å². The minimum atomic E-state index is -4.65. The zero-order chi connectivity index (χ0) is 16.3. The molecular formula is C13H9F3N2O3S. The van der Waals surface area contributed by atoms with E-state index in [-0.39, 0.29) is 17.2 Å². The third-order valence-electron chi connectivity index (χ3n) is 2.58. The highest BCUT2D eigenvalue weighted by Gasteiger charge is 2.34. The molecule has 22 heavy (non-hydrogen) atoms. The number of aromatic nitrogens is 1. The second-order valence-electron chi connectivity index (χ2n) is 4.21. The molecule has 1 aromatic carbocycles. The zero-order valence-electron chi connectivity index (χ0n) is 10.8. The quantitative estimate of drug-likeness (QED) is 0.903. The lowest BCUT2D eigenvalue weighted by atomic mass is 10.1. The number of benzene rings is 1. The van der Waals surface area contributed by atoms with E-state index >= 15 is 0 Å². The molecule has 1 heterocycles. The predicted molar refractivity (Wildman–Crippen MR) is 72.9 cm³/mol. The minimum Gasteiger partial charge on any atom is -0.481 e. The highest BCUT2D eigenvalue weighted by atomic mass is 32.1. The Morgan fingerprint density at radius 1 is 1.27 bits per heavy atom. The number of alkyl halides is 3. The Morgan fingerprint density at radius 2 is 1.95 bits per heavy atom. The van der Waals surface area contributed by atoms with E-state index in [0.717, 1.165) is 23.5 Å². The topological polar surface area (TPSA) is 79.3 Å². The number of amides is 1. The first-order valence-electron chi connectivity index (χ1n) is 5.91. The second kappa shape index (κ2) is 6.14. The molecule has 0 aliphatic heterocycles. The maximum Gasteiger partial charge on any atom is 0.417 e. The van der Waals surface area contributed by atoms with Crippen LogP contribution in [0.2, 0.25) is 0 Å². The molecule has 0 aliphatic rings. The van der Waals surface area contributed by atoms with E-state index in [0.29, 0.717) is 0 Å². The molecule has 0 radical (unpaired) electrons. The van der Waals surface area contributed by atoms with Crippen LogP contribution in [0.4, 0.5) is 18.3 Å². The van der Waals surface area contributed by atoms with Gasteiger partial charge in [-0.1, -0.05) is 12.1 Å². The second-order valence-corrected chi connectivity index (χ2v) is 5.07. The summed E-state index contributed by atoms with van der Waals surface area (Å²) < 4.78 is 38.5. The Bertz CT molecular complexity index is 713. The predicted octanol–water partition coefficient (Wildman–Crippen LogP) is 3.04. The van der Waals surface area contributed by atoms with E-state index < -0.39 is 29.2 Å². The molecule has 0 unspecified atom stereocenters. The Morgan fingerprint density at radius 3 is 2.59 bits per heavy atom. The summed E-state index contributed by atoms with van der Waals surface area (Å²) in [6.45, 7) is 0. The standard InChI is InChI=1S/C13H9F3N2O3S/c14-13(15,16)9-4-2-1-3-8(9)11(21)18-12-17-7(6-22-12)5-10(19)20/h1-4,6H,5H2,(H,19,20)(H,17,18,21). The third kappa shape index (κ3) is 3.82. The van der Waals surface area contributed by atoms with Crippen molar-refractivity contribution in [2.24, 2.45) is 0 Å². The molecule has 2 N–H and O–H groups in total. The van der Waals surface area contributed by atoms with E-state index in [4.69, 9.17) is 5.11 Å². The van der Waals surface area contributed by atoms with Gasteiger partial charge in [0.05, 0.1) is 23.2 Å².